The summed E-state index contributed by atoms with van der Waals surface area (Å²) in [6, 6.07) is 0. The van der Waals surface area contributed by atoms with Crippen molar-refractivity contribution in [3.05, 3.63) is 33.0 Å². The van der Waals surface area contributed by atoms with Gasteiger partial charge in [0.15, 0.2) is 0 Å². The first kappa shape index (κ1) is 14.7. The number of aromatic nitrogens is 3. The zero-order valence-corrected chi connectivity index (χ0v) is 12.9. The fourth-order valence-corrected chi connectivity index (χ4v) is 3.99. The number of carboxylic acids is 1. The third-order valence-corrected chi connectivity index (χ3v) is 5.06. The van der Waals surface area contributed by atoms with Crippen LogP contribution in [-0.2, 0) is 19.4 Å². The molecule has 2 aromatic rings. The van der Waals surface area contributed by atoms with E-state index in [-0.39, 0.29) is 5.91 Å². The number of nitrogens with one attached hydrogen (secondary N) is 1. The Kier molecular flexibility index (Phi) is 3.93. The number of aromatic amines is 1. The van der Waals surface area contributed by atoms with E-state index < -0.39 is 5.97 Å². The highest BCUT2D eigenvalue weighted by molar-refractivity contribution is 7.16. The van der Waals surface area contributed by atoms with Gasteiger partial charge in [-0.2, -0.15) is 5.10 Å². The van der Waals surface area contributed by atoms with Gasteiger partial charge in [-0.05, 0) is 36.8 Å². The van der Waals surface area contributed by atoms with E-state index in [2.05, 4.69) is 15.2 Å². The second kappa shape index (κ2) is 5.88. The summed E-state index contributed by atoms with van der Waals surface area (Å²) in [5.41, 5.74) is 1.77. The summed E-state index contributed by atoms with van der Waals surface area (Å²) in [6.45, 7) is 0.313. The van der Waals surface area contributed by atoms with Crippen LogP contribution in [0.2, 0.25) is 0 Å². The van der Waals surface area contributed by atoms with Gasteiger partial charge in [0.2, 0.25) is 0 Å². The van der Waals surface area contributed by atoms with Crippen molar-refractivity contribution >= 4 is 23.2 Å². The van der Waals surface area contributed by atoms with E-state index in [1.165, 1.54) is 11.2 Å². The molecule has 0 fully saturated rings. The van der Waals surface area contributed by atoms with Gasteiger partial charge in [0.1, 0.15) is 17.0 Å². The summed E-state index contributed by atoms with van der Waals surface area (Å²) < 4.78 is 0. The van der Waals surface area contributed by atoms with Gasteiger partial charge in [-0.25, -0.2) is 9.78 Å². The highest BCUT2D eigenvalue weighted by Crippen LogP contribution is 2.35. The molecule has 7 nitrogen and oxygen atoms in total. The molecule has 1 aliphatic carbocycles. The summed E-state index contributed by atoms with van der Waals surface area (Å²) in [7, 11) is 1.68. The van der Waals surface area contributed by atoms with E-state index in [9.17, 15) is 14.7 Å². The normalized spacial score (nSPS) is 13.7. The van der Waals surface area contributed by atoms with Crippen molar-refractivity contribution in [2.75, 3.05) is 7.05 Å². The van der Waals surface area contributed by atoms with Crippen LogP contribution in [0.3, 0.4) is 0 Å². The number of fused-ring (bicyclic) bond motifs is 1. The van der Waals surface area contributed by atoms with Gasteiger partial charge >= 0.3 is 5.97 Å². The molecule has 0 bridgehead atoms. The van der Waals surface area contributed by atoms with Crippen LogP contribution in [-0.4, -0.2) is 44.1 Å². The molecule has 0 aromatic carbocycles. The lowest BCUT2D eigenvalue weighted by molar-refractivity contribution is 0.0700. The zero-order chi connectivity index (χ0) is 15.7. The van der Waals surface area contributed by atoms with Gasteiger partial charge in [-0.1, -0.05) is 0 Å². The molecule has 8 heteroatoms. The molecule has 2 N–H and O–H groups in total. The highest BCUT2D eigenvalue weighted by atomic mass is 32.1. The first-order chi connectivity index (χ1) is 10.6. The van der Waals surface area contributed by atoms with Crippen molar-refractivity contribution in [3.63, 3.8) is 0 Å². The Morgan fingerprint density at radius 2 is 2.00 bits per heavy atom. The Morgan fingerprint density at radius 1 is 1.32 bits per heavy atom. The summed E-state index contributed by atoms with van der Waals surface area (Å²) in [5.74, 6) is -0.508. The van der Waals surface area contributed by atoms with Crippen LogP contribution in [0.4, 0.5) is 0 Å². The quantitative estimate of drug-likeness (QED) is 0.893. The van der Waals surface area contributed by atoms with E-state index in [4.69, 9.17) is 0 Å². The predicted octanol–water partition coefficient (Wildman–Crippen LogP) is 1.72. The van der Waals surface area contributed by atoms with Crippen molar-refractivity contribution in [3.8, 4) is 0 Å². The number of hydrogen-bond donors (Lipinski definition) is 2. The van der Waals surface area contributed by atoms with Crippen LogP contribution in [0.15, 0.2) is 6.33 Å². The fraction of sp³-hybridized carbons (Fsp3) is 0.429. The third kappa shape index (κ3) is 2.61. The maximum absolute atomic E-state index is 12.7. The number of carbonyl (C=O) groups excluding carboxylic acids is 1. The summed E-state index contributed by atoms with van der Waals surface area (Å²) in [4.78, 5) is 30.5. The topological polar surface area (TPSA) is 99.2 Å². The minimum Gasteiger partial charge on any atom is -0.477 e. The van der Waals surface area contributed by atoms with Crippen LogP contribution >= 0.6 is 11.3 Å². The van der Waals surface area contributed by atoms with Crippen molar-refractivity contribution in [1.82, 2.24) is 20.1 Å². The van der Waals surface area contributed by atoms with E-state index in [0.717, 1.165) is 48.1 Å². The molecule has 0 radical (unpaired) electrons. The molecule has 2 heterocycles. The maximum atomic E-state index is 12.7. The Labute approximate surface area is 131 Å². The van der Waals surface area contributed by atoms with Gasteiger partial charge in [0, 0.05) is 7.05 Å². The van der Waals surface area contributed by atoms with Crippen molar-refractivity contribution < 1.29 is 14.7 Å². The van der Waals surface area contributed by atoms with Crippen LogP contribution in [0.1, 0.15) is 49.1 Å². The molecule has 0 aliphatic heterocycles. The Morgan fingerprint density at radius 3 is 2.59 bits per heavy atom. The summed E-state index contributed by atoms with van der Waals surface area (Å²) in [6.07, 6.45) is 4.88. The monoisotopic (exact) mass is 320 g/mol. The molecule has 1 amide bonds. The first-order valence-electron chi connectivity index (χ1n) is 7.05. The Balaban J connectivity index is 1.90. The number of amides is 1. The average molecular weight is 320 g/mol. The van der Waals surface area contributed by atoms with Gasteiger partial charge in [0.05, 0.1) is 11.4 Å². The van der Waals surface area contributed by atoms with E-state index in [1.807, 2.05) is 0 Å². The largest absolute Gasteiger partial charge is 0.477 e. The Bertz CT molecular complexity index is 708. The number of rotatable bonds is 4. The second-order valence-corrected chi connectivity index (χ2v) is 6.34. The van der Waals surface area contributed by atoms with Crippen molar-refractivity contribution in [1.29, 1.82) is 0 Å². The van der Waals surface area contributed by atoms with E-state index in [0.29, 0.717) is 22.1 Å². The first-order valence-corrected chi connectivity index (χ1v) is 7.87. The molecule has 22 heavy (non-hydrogen) atoms. The standard InChI is InChI=1S/C14H16N4O3S/c1-18(6-10-15-7-16-17-10)13(19)11-8-4-2-3-5-9(8)12(22-11)14(20)21/h7H,2-6H2,1H3,(H,20,21)(H,15,16,17). The molecular formula is C14H16N4O3S. The molecule has 0 spiro atoms. The number of carbonyl (C=O) groups is 2. The van der Waals surface area contributed by atoms with Gasteiger partial charge in [-0.15, -0.1) is 11.3 Å². The van der Waals surface area contributed by atoms with Crippen molar-refractivity contribution in [2.24, 2.45) is 0 Å². The molecule has 1 aliphatic rings. The van der Waals surface area contributed by atoms with E-state index >= 15 is 0 Å². The molecule has 2 aromatic heterocycles. The lowest BCUT2D eigenvalue weighted by Crippen LogP contribution is -2.27. The maximum Gasteiger partial charge on any atom is 0.346 e. The number of carboxylic acid groups (broad SMARTS) is 1. The van der Waals surface area contributed by atoms with Crippen molar-refractivity contribution in [2.45, 2.75) is 32.2 Å². The summed E-state index contributed by atoms with van der Waals surface area (Å²) >= 11 is 1.10. The molecule has 3 rings (SSSR count). The van der Waals surface area contributed by atoms with Crippen LogP contribution in [0.5, 0.6) is 0 Å². The average Bonchev–Trinajstić information content (AvgIpc) is 3.13. The number of nitrogens with zero attached hydrogens (tertiary/aromatic N) is 3. The van der Waals surface area contributed by atoms with E-state index in [1.54, 1.807) is 7.05 Å². The SMILES string of the molecule is CN(Cc1ncn[nH]1)C(=O)c1sc(C(=O)O)c2c1CCCC2. The minimum absolute atomic E-state index is 0.160. The lowest BCUT2D eigenvalue weighted by Gasteiger charge is -2.17. The van der Waals surface area contributed by atoms with Gasteiger partial charge in [0.25, 0.3) is 5.91 Å². The van der Waals surface area contributed by atoms with Gasteiger partial charge in [-0.3, -0.25) is 9.89 Å². The molecular weight excluding hydrogens is 304 g/mol. The molecule has 116 valence electrons. The number of aromatic carboxylic acids is 1. The molecule has 0 atom stereocenters. The minimum atomic E-state index is -0.944. The highest BCUT2D eigenvalue weighted by Gasteiger charge is 2.29. The molecule has 0 saturated carbocycles. The van der Waals surface area contributed by atoms with Crippen LogP contribution in [0, 0.1) is 0 Å². The van der Waals surface area contributed by atoms with Crippen LogP contribution in [0.25, 0.3) is 0 Å². The number of hydrogen-bond acceptors (Lipinski definition) is 5. The molecule has 0 saturated heterocycles. The third-order valence-electron chi connectivity index (χ3n) is 3.81. The lowest BCUT2D eigenvalue weighted by atomic mass is 9.92. The second-order valence-electron chi connectivity index (χ2n) is 5.32. The summed E-state index contributed by atoms with van der Waals surface area (Å²) in [5, 5.41) is 15.8. The zero-order valence-electron chi connectivity index (χ0n) is 12.1. The smallest absolute Gasteiger partial charge is 0.346 e. The fourth-order valence-electron chi connectivity index (χ4n) is 2.75. The van der Waals surface area contributed by atoms with Gasteiger partial charge < -0.3 is 10.0 Å². The Hall–Kier alpha value is -2.22. The van der Waals surface area contributed by atoms with Crippen LogP contribution < -0.4 is 0 Å². The predicted molar refractivity (Wildman–Crippen MR) is 80.1 cm³/mol. The number of thiophene rings is 1. The molecule has 0 unspecified atom stereocenters. The number of H-pyrrole nitrogens is 1.